The van der Waals surface area contributed by atoms with Crippen molar-refractivity contribution in [2.75, 3.05) is 0 Å². The minimum atomic E-state index is 0.160. The highest BCUT2D eigenvalue weighted by atomic mass is 16.1. The van der Waals surface area contributed by atoms with Crippen LogP contribution >= 0.6 is 0 Å². The maximum absolute atomic E-state index is 10.6. The van der Waals surface area contributed by atoms with Gasteiger partial charge in [-0.05, 0) is 18.6 Å². The molecule has 1 radical (unpaired) electrons. The third kappa shape index (κ3) is 1.97. The minimum Gasteiger partial charge on any atom is -0.300 e. The molecule has 0 saturated heterocycles. The molecule has 0 unspecified atom stereocenters. The minimum absolute atomic E-state index is 0.160. The van der Waals surface area contributed by atoms with Gasteiger partial charge in [0.25, 0.3) is 0 Å². The molecule has 0 bridgehead atoms. The van der Waals surface area contributed by atoms with Gasteiger partial charge in [0, 0.05) is 12.6 Å². The fraction of sp³-hybridized carbons (Fsp3) is 0.250. The number of nitrogens with zero attached hydrogens (tertiary/aromatic N) is 1. The zero-order valence-corrected chi connectivity index (χ0v) is 5.79. The largest absolute Gasteiger partial charge is 0.300 e. The molecule has 0 aliphatic heterocycles. The van der Waals surface area contributed by atoms with Crippen LogP contribution in [0.5, 0.6) is 0 Å². The van der Waals surface area contributed by atoms with Crippen molar-refractivity contribution in [1.82, 2.24) is 4.98 Å². The monoisotopic (exact) mass is 134 g/mol. The molecule has 10 heavy (non-hydrogen) atoms. The van der Waals surface area contributed by atoms with Gasteiger partial charge in [-0.25, -0.2) is 0 Å². The van der Waals surface area contributed by atoms with Gasteiger partial charge in [-0.2, -0.15) is 0 Å². The van der Waals surface area contributed by atoms with Gasteiger partial charge in [0.1, 0.15) is 5.78 Å². The van der Waals surface area contributed by atoms with Crippen LogP contribution in [-0.2, 0) is 11.2 Å². The van der Waals surface area contributed by atoms with Crippen molar-refractivity contribution in [3.63, 3.8) is 0 Å². The molecule has 0 aliphatic rings. The summed E-state index contributed by atoms with van der Waals surface area (Å²) in [4.78, 5) is 14.3. The second-order valence-corrected chi connectivity index (χ2v) is 2.17. The van der Waals surface area contributed by atoms with E-state index in [9.17, 15) is 4.79 Å². The van der Waals surface area contributed by atoms with Crippen LogP contribution < -0.4 is 0 Å². The molecule has 0 aliphatic carbocycles. The Balaban J connectivity index is 2.67. The number of hydrogen-bond acceptors (Lipinski definition) is 2. The van der Waals surface area contributed by atoms with E-state index >= 15 is 0 Å². The second-order valence-electron chi connectivity index (χ2n) is 2.17. The van der Waals surface area contributed by atoms with Gasteiger partial charge >= 0.3 is 0 Å². The lowest BCUT2D eigenvalue weighted by Gasteiger charge is -1.92. The molecule has 1 aromatic heterocycles. The molecule has 0 spiro atoms. The lowest BCUT2D eigenvalue weighted by molar-refractivity contribution is -0.116. The van der Waals surface area contributed by atoms with E-state index < -0.39 is 0 Å². The summed E-state index contributed by atoms with van der Waals surface area (Å²) < 4.78 is 0. The van der Waals surface area contributed by atoms with E-state index in [1.54, 1.807) is 19.2 Å². The molecule has 0 fully saturated rings. The average molecular weight is 134 g/mol. The number of aromatic nitrogens is 1. The first-order chi connectivity index (χ1) is 4.79. The number of carbonyl (C=O) groups excluding carboxylic acids is 1. The molecular weight excluding hydrogens is 126 g/mol. The Bertz CT molecular complexity index is 218. The first-order valence-corrected chi connectivity index (χ1v) is 3.09. The molecule has 1 rings (SSSR count). The first kappa shape index (κ1) is 6.93. The molecule has 1 aromatic rings. The smallest absolute Gasteiger partial charge is 0.134 e. The van der Waals surface area contributed by atoms with Crippen molar-refractivity contribution >= 4 is 5.78 Å². The second kappa shape index (κ2) is 3.11. The van der Waals surface area contributed by atoms with Gasteiger partial charge in [-0.3, -0.25) is 9.78 Å². The standard InChI is InChI=1S/C8H8NO/c1-7(10)5-8-3-2-4-9-6-8/h2-3,6H,5H2,1H3. The van der Waals surface area contributed by atoms with Crippen molar-refractivity contribution in [2.24, 2.45) is 0 Å². The summed E-state index contributed by atoms with van der Waals surface area (Å²) in [6, 6.07) is 3.55. The van der Waals surface area contributed by atoms with E-state index in [4.69, 9.17) is 0 Å². The van der Waals surface area contributed by atoms with Gasteiger partial charge in [0.2, 0.25) is 0 Å². The molecule has 2 nitrogen and oxygen atoms in total. The molecule has 1 heterocycles. The Morgan fingerprint density at radius 3 is 3.10 bits per heavy atom. The molecule has 0 amide bonds. The Kier molecular flexibility index (Phi) is 2.15. The maximum atomic E-state index is 10.6. The number of ketones is 1. The number of hydrogen-bond donors (Lipinski definition) is 0. The predicted molar refractivity (Wildman–Crippen MR) is 37.5 cm³/mol. The average Bonchev–Trinajstić information content (AvgIpc) is 1.88. The van der Waals surface area contributed by atoms with Crippen LogP contribution in [0, 0.1) is 6.20 Å². The summed E-state index contributed by atoms with van der Waals surface area (Å²) in [5.41, 5.74) is 0.950. The Hall–Kier alpha value is -1.18. The summed E-state index contributed by atoms with van der Waals surface area (Å²) in [5, 5.41) is 0. The zero-order chi connectivity index (χ0) is 7.40. The number of pyridine rings is 1. The number of rotatable bonds is 2. The maximum Gasteiger partial charge on any atom is 0.134 e. The van der Waals surface area contributed by atoms with E-state index in [0.29, 0.717) is 6.42 Å². The fourth-order valence-electron chi connectivity index (χ4n) is 0.743. The lowest BCUT2D eigenvalue weighted by atomic mass is 10.2. The summed E-state index contributed by atoms with van der Waals surface area (Å²) in [5.74, 6) is 0.160. The van der Waals surface area contributed by atoms with Crippen molar-refractivity contribution in [3.05, 3.63) is 30.1 Å². The van der Waals surface area contributed by atoms with Crippen LogP contribution in [0.2, 0.25) is 0 Å². The van der Waals surface area contributed by atoms with Crippen molar-refractivity contribution < 1.29 is 4.79 Å². The quantitative estimate of drug-likeness (QED) is 0.604. The normalized spacial score (nSPS) is 9.30. The summed E-state index contributed by atoms with van der Waals surface area (Å²) >= 11 is 0. The number of Topliss-reactive ketones (excluding diaryl/α,β-unsaturated/α-hetero) is 1. The van der Waals surface area contributed by atoms with E-state index in [1.165, 1.54) is 0 Å². The van der Waals surface area contributed by atoms with Crippen molar-refractivity contribution in [3.8, 4) is 0 Å². The number of carbonyl (C=O) groups is 1. The van der Waals surface area contributed by atoms with Gasteiger partial charge in [0.15, 0.2) is 0 Å². The molecule has 0 aromatic carbocycles. The van der Waals surface area contributed by atoms with E-state index in [1.807, 2.05) is 6.07 Å². The van der Waals surface area contributed by atoms with E-state index in [2.05, 4.69) is 11.2 Å². The van der Waals surface area contributed by atoms with Crippen LogP contribution in [0.15, 0.2) is 18.3 Å². The fourth-order valence-corrected chi connectivity index (χ4v) is 0.743. The van der Waals surface area contributed by atoms with Gasteiger partial charge in [0.05, 0.1) is 6.20 Å². The van der Waals surface area contributed by atoms with Crippen LogP contribution in [-0.4, -0.2) is 10.8 Å². The summed E-state index contributed by atoms with van der Waals surface area (Å²) in [6.45, 7) is 1.57. The molecular formula is C8H8NO. The van der Waals surface area contributed by atoms with Crippen LogP contribution in [0.3, 0.4) is 0 Å². The first-order valence-electron chi connectivity index (χ1n) is 3.09. The molecule has 51 valence electrons. The highest BCUT2D eigenvalue weighted by molar-refractivity contribution is 5.77. The van der Waals surface area contributed by atoms with Crippen LogP contribution in [0.1, 0.15) is 12.5 Å². The zero-order valence-electron chi connectivity index (χ0n) is 5.79. The van der Waals surface area contributed by atoms with Crippen molar-refractivity contribution in [1.29, 1.82) is 0 Å². The topological polar surface area (TPSA) is 30.0 Å². The molecule has 0 atom stereocenters. The lowest BCUT2D eigenvalue weighted by Crippen LogP contribution is -1.95. The Morgan fingerprint density at radius 1 is 1.80 bits per heavy atom. The van der Waals surface area contributed by atoms with Crippen molar-refractivity contribution in [2.45, 2.75) is 13.3 Å². The SMILES string of the molecule is CC(=O)Cc1cc[c]nc1. The molecule has 2 heteroatoms. The third-order valence-electron chi connectivity index (χ3n) is 1.13. The summed E-state index contributed by atoms with van der Waals surface area (Å²) in [6.07, 6.45) is 4.77. The van der Waals surface area contributed by atoms with Crippen LogP contribution in [0.25, 0.3) is 0 Å². The van der Waals surface area contributed by atoms with Gasteiger partial charge < -0.3 is 0 Å². The molecule has 0 saturated carbocycles. The van der Waals surface area contributed by atoms with Gasteiger partial charge in [-0.15, -0.1) is 0 Å². The van der Waals surface area contributed by atoms with Gasteiger partial charge in [-0.1, -0.05) is 6.07 Å². The third-order valence-corrected chi connectivity index (χ3v) is 1.13. The Morgan fingerprint density at radius 2 is 2.60 bits per heavy atom. The van der Waals surface area contributed by atoms with E-state index in [-0.39, 0.29) is 5.78 Å². The highest BCUT2D eigenvalue weighted by Gasteiger charge is 1.94. The van der Waals surface area contributed by atoms with Crippen LogP contribution in [0.4, 0.5) is 0 Å². The summed E-state index contributed by atoms with van der Waals surface area (Å²) in [7, 11) is 0. The predicted octanol–water partition coefficient (Wildman–Crippen LogP) is 1.01. The highest BCUT2D eigenvalue weighted by Crippen LogP contribution is 1.96. The molecule has 0 N–H and O–H groups in total. The Labute approximate surface area is 59.9 Å². The van der Waals surface area contributed by atoms with E-state index in [0.717, 1.165) is 5.56 Å².